The number of benzene rings is 1. The molecule has 1 aliphatic heterocycles. The Labute approximate surface area is 181 Å². The maximum atomic E-state index is 5.99. The van der Waals surface area contributed by atoms with Gasteiger partial charge >= 0.3 is 0 Å². The molecule has 2 aromatic heterocycles. The van der Waals surface area contributed by atoms with Crippen LogP contribution in [0.2, 0.25) is 0 Å². The van der Waals surface area contributed by atoms with Crippen LogP contribution in [0.3, 0.4) is 0 Å². The van der Waals surface area contributed by atoms with Crippen molar-refractivity contribution in [3.63, 3.8) is 0 Å². The molecule has 3 aromatic rings. The van der Waals surface area contributed by atoms with E-state index in [0.717, 1.165) is 36.7 Å². The molecule has 0 spiro atoms. The molecular weight excluding hydrogens is 398 g/mol. The van der Waals surface area contributed by atoms with Crippen molar-refractivity contribution in [3.8, 4) is 11.6 Å². The maximum Gasteiger partial charge on any atom is 0.234 e. The number of furan rings is 1. The van der Waals surface area contributed by atoms with Crippen LogP contribution in [0.15, 0.2) is 59.2 Å². The predicted molar refractivity (Wildman–Crippen MR) is 121 cm³/mol. The standard InChI is InChI=1S/C22H25N5O2S/c1-16-8-5-6-12-27(16)19-14-20(29-17-9-3-2-4-10-17)25-21(24-19)26-22(30)23-15-18-11-7-13-28-18/h2-4,7,9-11,13-14,16H,5-6,8,12,15H2,1H3,(H2,23,24,25,26,30)/t16-/m0/s1. The number of para-hydroxylation sites is 1. The van der Waals surface area contributed by atoms with E-state index in [0.29, 0.717) is 29.5 Å². The number of rotatable bonds is 6. The summed E-state index contributed by atoms with van der Waals surface area (Å²) in [7, 11) is 0. The van der Waals surface area contributed by atoms with E-state index in [9.17, 15) is 0 Å². The zero-order valence-corrected chi connectivity index (χ0v) is 17.7. The van der Waals surface area contributed by atoms with E-state index in [4.69, 9.17) is 26.4 Å². The SMILES string of the molecule is C[C@H]1CCCCN1c1cc(Oc2ccccc2)nc(NC(=S)NCc2ccco2)n1. The van der Waals surface area contributed by atoms with Crippen LogP contribution in [-0.2, 0) is 6.54 Å². The van der Waals surface area contributed by atoms with Crippen LogP contribution in [0.25, 0.3) is 0 Å². The topological polar surface area (TPSA) is 75.5 Å². The highest BCUT2D eigenvalue weighted by Gasteiger charge is 2.21. The Bertz CT molecular complexity index is 965. The van der Waals surface area contributed by atoms with Crippen molar-refractivity contribution in [1.29, 1.82) is 0 Å². The third kappa shape index (κ3) is 5.27. The van der Waals surface area contributed by atoms with E-state index in [-0.39, 0.29) is 0 Å². The molecular formula is C22H25N5O2S. The zero-order valence-electron chi connectivity index (χ0n) is 16.9. The Hall–Kier alpha value is -3.13. The minimum atomic E-state index is 0.396. The number of nitrogens with one attached hydrogen (secondary N) is 2. The number of anilines is 2. The van der Waals surface area contributed by atoms with Crippen molar-refractivity contribution in [2.45, 2.75) is 38.8 Å². The smallest absolute Gasteiger partial charge is 0.234 e. The number of nitrogens with zero attached hydrogens (tertiary/aromatic N) is 3. The van der Waals surface area contributed by atoms with Gasteiger partial charge in [-0.05, 0) is 62.7 Å². The quantitative estimate of drug-likeness (QED) is 0.551. The van der Waals surface area contributed by atoms with Gasteiger partial charge in [-0.3, -0.25) is 0 Å². The molecule has 0 radical (unpaired) electrons. The molecule has 0 saturated carbocycles. The van der Waals surface area contributed by atoms with Crippen LogP contribution in [0.1, 0.15) is 31.9 Å². The normalized spacial score (nSPS) is 16.2. The Morgan fingerprint density at radius 1 is 1.20 bits per heavy atom. The molecule has 30 heavy (non-hydrogen) atoms. The van der Waals surface area contributed by atoms with Crippen molar-refractivity contribution in [1.82, 2.24) is 15.3 Å². The lowest BCUT2D eigenvalue weighted by molar-refractivity contribution is 0.457. The third-order valence-electron chi connectivity index (χ3n) is 4.98. The summed E-state index contributed by atoms with van der Waals surface area (Å²) in [5.41, 5.74) is 0. The molecule has 156 valence electrons. The lowest BCUT2D eigenvalue weighted by Gasteiger charge is -2.34. The molecule has 4 rings (SSSR count). The number of aromatic nitrogens is 2. The van der Waals surface area contributed by atoms with Gasteiger partial charge in [0.1, 0.15) is 17.3 Å². The largest absolute Gasteiger partial charge is 0.467 e. The number of hydrogen-bond acceptors (Lipinski definition) is 6. The first-order chi connectivity index (χ1) is 14.7. The number of hydrogen-bond donors (Lipinski definition) is 2. The summed E-state index contributed by atoms with van der Waals surface area (Å²) in [6.07, 6.45) is 5.16. The van der Waals surface area contributed by atoms with Gasteiger partial charge in [-0.25, -0.2) is 0 Å². The molecule has 1 fully saturated rings. The predicted octanol–water partition coefficient (Wildman–Crippen LogP) is 4.73. The van der Waals surface area contributed by atoms with Crippen molar-refractivity contribution >= 4 is 29.1 Å². The lowest BCUT2D eigenvalue weighted by Crippen LogP contribution is -2.38. The first-order valence-electron chi connectivity index (χ1n) is 10.1. The van der Waals surface area contributed by atoms with Gasteiger partial charge < -0.3 is 24.7 Å². The van der Waals surface area contributed by atoms with Gasteiger partial charge in [0, 0.05) is 18.7 Å². The van der Waals surface area contributed by atoms with Crippen LogP contribution in [0, 0.1) is 0 Å². The van der Waals surface area contributed by atoms with E-state index in [1.54, 1.807) is 6.26 Å². The molecule has 2 N–H and O–H groups in total. The molecule has 1 aliphatic rings. The van der Waals surface area contributed by atoms with Crippen molar-refractivity contribution in [2.24, 2.45) is 0 Å². The fourth-order valence-corrected chi connectivity index (χ4v) is 3.61. The van der Waals surface area contributed by atoms with Crippen LogP contribution < -0.4 is 20.3 Å². The summed E-state index contributed by atoms with van der Waals surface area (Å²) < 4.78 is 11.3. The molecule has 8 heteroatoms. The monoisotopic (exact) mass is 423 g/mol. The van der Waals surface area contributed by atoms with Crippen molar-refractivity contribution < 1.29 is 9.15 Å². The number of piperidine rings is 1. The van der Waals surface area contributed by atoms with Gasteiger partial charge in [-0.2, -0.15) is 9.97 Å². The summed E-state index contributed by atoms with van der Waals surface area (Å²) in [5, 5.41) is 6.59. The highest BCUT2D eigenvalue weighted by Crippen LogP contribution is 2.28. The molecule has 0 amide bonds. The first kappa shape index (κ1) is 20.2. The molecule has 1 atom stereocenters. The molecule has 7 nitrogen and oxygen atoms in total. The summed E-state index contributed by atoms with van der Waals surface area (Å²) >= 11 is 5.41. The number of thiocarbonyl (C=S) groups is 1. The Morgan fingerprint density at radius 3 is 2.83 bits per heavy atom. The Balaban J connectivity index is 1.53. The van der Waals surface area contributed by atoms with Crippen molar-refractivity contribution in [2.75, 3.05) is 16.8 Å². The van der Waals surface area contributed by atoms with Crippen LogP contribution in [0.5, 0.6) is 11.6 Å². The summed E-state index contributed by atoms with van der Waals surface area (Å²) in [6, 6.07) is 15.6. The Morgan fingerprint density at radius 2 is 2.07 bits per heavy atom. The average Bonchev–Trinajstić information content (AvgIpc) is 3.27. The zero-order chi connectivity index (χ0) is 20.8. The van der Waals surface area contributed by atoms with Gasteiger partial charge in [-0.1, -0.05) is 18.2 Å². The highest BCUT2D eigenvalue weighted by molar-refractivity contribution is 7.80. The second-order valence-electron chi connectivity index (χ2n) is 7.23. The molecule has 0 bridgehead atoms. The van der Waals surface area contributed by atoms with Gasteiger partial charge in [0.2, 0.25) is 11.8 Å². The third-order valence-corrected chi connectivity index (χ3v) is 5.23. The maximum absolute atomic E-state index is 5.99. The Kier molecular flexibility index (Phi) is 6.44. The van der Waals surface area contributed by atoms with Gasteiger partial charge in [0.25, 0.3) is 0 Å². The molecule has 1 saturated heterocycles. The highest BCUT2D eigenvalue weighted by atomic mass is 32.1. The van der Waals surface area contributed by atoms with Gasteiger partial charge in [-0.15, -0.1) is 0 Å². The fourth-order valence-electron chi connectivity index (χ4n) is 3.44. The van der Waals surface area contributed by atoms with Crippen LogP contribution >= 0.6 is 12.2 Å². The fraction of sp³-hybridized carbons (Fsp3) is 0.318. The minimum absolute atomic E-state index is 0.396. The van der Waals surface area contributed by atoms with Crippen LogP contribution in [-0.4, -0.2) is 27.7 Å². The van der Waals surface area contributed by atoms with E-state index in [2.05, 4.69) is 27.4 Å². The van der Waals surface area contributed by atoms with E-state index >= 15 is 0 Å². The van der Waals surface area contributed by atoms with Crippen LogP contribution in [0.4, 0.5) is 11.8 Å². The summed E-state index contributed by atoms with van der Waals surface area (Å²) in [4.78, 5) is 11.5. The minimum Gasteiger partial charge on any atom is -0.467 e. The molecule has 1 aromatic carbocycles. The van der Waals surface area contributed by atoms with E-state index < -0.39 is 0 Å². The first-order valence-corrected chi connectivity index (χ1v) is 10.5. The van der Waals surface area contributed by atoms with Gasteiger partial charge in [0.05, 0.1) is 12.8 Å². The summed E-state index contributed by atoms with van der Waals surface area (Å²) in [6.45, 7) is 3.67. The number of ether oxygens (including phenoxy) is 1. The second-order valence-corrected chi connectivity index (χ2v) is 7.64. The van der Waals surface area contributed by atoms with E-state index in [1.807, 2.05) is 48.5 Å². The second kappa shape index (κ2) is 9.58. The van der Waals surface area contributed by atoms with Gasteiger partial charge in [0.15, 0.2) is 5.11 Å². The van der Waals surface area contributed by atoms with E-state index in [1.165, 1.54) is 6.42 Å². The lowest BCUT2D eigenvalue weighted by atomic mass is 10.0. The molecule has 0 aliphatic carbocycles. The average molecular weight is 424 g/mol. The summed E-state index contributed by atoms with van der Waals surface area (Å²) in [5.74, 6) is 3.22. The molecule has 3 heterocycles. The molecule has 0 unspecified atom stereocenters. The van der Waals surface area contributed by atoms with Crippen molar-refractivity contribution in [3.05, 3.63) is 60.6 Å².